The van der Waals surface area contributed by atoms with E-state index >= 15 is 0 Å². The molecule has 0 radical (unpaired) electrons. The lowest BCUT2D eigenvalue weighted by atomic mass is 10.0. The number of unbranched alkanes of at least 4 members (excludes halogenated alkanes) is 13. The molecule has 0 spiro atoms. The van der Waals surface area contributed by atoms with Crippen molar-refractivity contribution in [2.24, 2.45) is 0 Å². The lowest BCUT2D eigenvalue weighted by Gasteiger charge is -2.14. The van der Waals surface area contributed by atoms with Gasteiger partial charge >= 0.3 is 0 Å². The molecular formula is C30H46O. The Morgan fingerprint density at radius 1 is 0.548 bits per heavy atom. The van der Waals surface area contributed by atoms with Crippen LogP contribution in [0.2, 0.25) is 0 Å². The molecule has 1 unspecified atom stereocenters. The summed E-state index contributed by atoms with van der Waals surface area (Å²) in [6.07, 6.45) is 19.7. The monoisotopic (exact) mass is 422 g/mol. The number of rotatable bonds is 18. The summed E-state index contributed by atoms with van der Waals surface area (Å²) >= 11 is 0. The van der Waals surface area contributed by atoms with Gasteiger partial charge in [0.15, 0.2) is 0 Å². The summed E-state index contributed by atoms with van der Waals surface area (Å²) in [6.45, 7) is 5.33. The Morgan fingerprint density at radius 3 is 1.52 bits per heavy atom. The molecule has 1 heteroatoms. The zero-order valence-electron chi connectivity index (χ0n) is 20.3. The lowest BCUT2D eigenvalue weighted by Crippen LogP contribution is -2.01. The van der Waals surface area contributed by atoms with Gasteiger partial charge in [0.25, 0.3) is 0 Å². The maximum Gasteiger partial charge on any atom is 0.0796 e. The molecule has 0 aliphatic heterocycles. The predicted molar refractivity (Wildman–Crippen MR) is 137 cm³/mol. The molecule has 0 saturated carbocycles. The first-order valence-corrected chi connectivity index (χ1v) is 13.1. The Hall–Kier alpha value is -1.60. The van der Waals surface area contributed by atoms with Crippen molar-refractivity contribution in [1.29, 1.82) is 0 Å². The Bertz CT molecular complexity index is 646. The third-order valence-electron chi connectivity index (χ3n) is 6.35. The van der Waals surface area contributed by atoms with Crippen molar-refractivity contribution in [2.75, 3.05) is 6.61 Å². The molecule has 2 rings (SSSR count). The fourth-order valence-electron chi connectivity index (χ4n) is 4.23. The zero-order valence-corrected chi connectivity index (χ0v) is 20.3. The summed E-state index contributed by atoms with van der Waals surface area (Å²) in [4.78, 5) is 0. The van der Waals surface area contributed by atoms with Crippen molar-refractivity contribution in [1.82, 2.24) is 0 Å². The molecule has 0 fully saturated rings. The van der Waals surface area contributed by atoms with E-state index in [2.05, 4.69) is 68.4 Å². The van der Waals surface area contributed by atoms with Crippen LogP contribution in [0.1, 0.15) is 115 Å². The van der Waals surface area contributed by atoms with Crippen LogP contribution in [0.3, 0.4) is 0 Å². The van der Waals surface area contributed by atoms with Crippen LogP contribution in [0.25, 0.3) is 11.1 Å². The molecule has 0 bridgehead atoms. The van der Waals surface area contributed by atoms with E-state index in [0.29, 0.717) is 0 Å². The van der Waals surface area contributed by atoms with Gasteiger partial charge in [0.2, 0.25) is 0 Å². The molecule has 2 aromatic rings. The van der Waals surface area contributed by atoms with E-state index in [1.165, 1.54) is 107 Å². The van der Waals surface area contributed by atoms with Crippen LogP contribution < -0.4 is 0 Å². The van der Waals surface area contributed by atoms with Crippen molar-refractivity contribution in [3.05, 3.63) is 60.2 Å². The smallest absolute Gasteiger partial charge is 0.0796 e. The predicted octanol–water partition coefficient (Wildman–Crippen LogP) is 9.91. The van der Waals surface area contributed by atoms with Crippen LogP contribution in [-0.4, -0.2) is 6.61 Å². The summed E-state index contributed by atoms with van der Waals surface area (Å²) in [5.74, 6) is 0. The third-order valence-corrected chi connectivity index (χ3v) is 6.35. The molecule has 2 aromatic carbocycles. The quantitative estimate of drug-likeness (QED) is 0.217. The van der Waals surface area contributed by atoms with Crippen LogP contribution in [0.15, 0.2) is 54.6 Å². The molecule has 1 atom stereocenters. The van der Waals surface area contributed by atoms with Gasteiger partial charge < -0.3 is 4.74 Å². The molecule has 1 nitrogen and oxygen atoms in total. The standard InChI is InChI=1S/C30H46O/c1-3-4-5-6-7-8-9-10-11-12-13-14-15-19-26-31-27(2)28-22-24-30(25-23-28)29-20-17-16-18-21-29/h16-18,20-25,27H,3-15,19,26H2,1-2H3. The van der Waals surface area contributed by atoms with Crippen LogP contribution >= 0.6 is 0 Å². The maximum absolute atomic E-state index is 6.08. The van der Waals surface area contributed by atoms with Gasteiger partial charge in [0.1, 0.15) is 0 Å². The first kappa shape index (κ1) is 25.7. The van der Waals surface area contributed by atoms with E-state index in [0.717, 1.165) is 6.61 Å². The highest BCUT2D eigenvalue weighted by Crippen LogP contribution is 2.23. The molecule has 172 valence electrons. The van der Waals surface area contributed by atoms with E-state index in [9.17, 15) is 0 Å². The van der Waals surface area contributed by atoms with Crippen molar-refractivity contribution >= 4 is 0 Å². The highest BCUT2D eigenvalue weighted by atomic mass is 16.5. The van der Waals surface area contributed by atoms with Gasteiger partial charge in [-0.2, -0.15) is 0 Å². The van der Waals surface area contributed by atoms with Crippen LogP contribution in [0, 0.1) is 0 Å². The summed E-state index contributed by atoms with van der Waals surface area (Å²) < 4.78 is 6.08. The molecule has 0 amide bonds. The Balaban J connectivity index is 1.43. The molecule has 31 heavy (non-hydrogen) atoms. The number of benzene rings is 2. The molecule has 0 aliphatic rings. The summed E-state index contributed by atoms with van der Waals surface area (Å²) in [6, 6.07) is 19.4. The normalized spacial score (nSPS) is 12.2. The van der Waals surface area contributed by atoms with Crippen molar-refractivity contribution in [3.8, 4) is 11.1 Å². The van der Waals surface area contributed by atoms with Gasteiger partial charge in [-0.3, -0.25) is 0 Å². The van der Waals surface area contributed by atoms with E-state index in [1.54, 1.807) is 0 Å². The molecule has 0 aromatic heterocycles. The van der Waals surface area contributed by atoms with Gasteiger partial charge in [0, 0.05) is 6.61 Å². The zero-order chi connectivity index (χ0) is 22.0. The van der Waals surface area contributed by atoms with Gasteiger partial charge in [0.05, 0.1) is 6.10 Å². The highest BCUT2D eigenvalue weighted by molar-refractivity contribution is 5.63. The topological polar surface area (TPSA) is 9.23 Å². The number of hydrogen-bond donors (Lipinski definition) is 0. The minimum atomic E-state index is 0.173. The highest BCUT2D eigenvalue weighted by Gasteiger charge is 2.06. The second kappa shape index (κ2) is 17.0. The minimum absolute atomic E-state index is 0.173. The first-order valence-electron chi connectivity index (χ1n) is 13.1. The summed E-state index contributed by atoms with van der Waals surface area (Å²) in [5.41, 5.74) is 3.80. The summed E-state index contributed by atoms with van der Waals surface area (Å²) in [5, 5.41) is 0. The molecular weight excluding hydrogens is 376 g/mol. The van der Waals surface area contributed by atoms with Gasteiger partial charge in [-0.05, 0) is 30.0 Å². The lowest BCUT2D eigenvalue weighted by molar-refractivity contribution is 0.0627. The third kappa shape index (κ3) is 11.5. The van der Waals surface area contributed by atoms with Gasteiger partial charge in [-0.15, -0.1) is 0 Å². The van der Waals surface area contributed by atoms with Crippen LogP contribution in [0.4, 0.5) is 0 Å². The van der Waals surface area contributed by atoms with Gasteiger partial charge in [-0.1, -0.05) is 145 Å². The van der Waals surface area contributed by atoms with Crippen molar-refractivity contribution < 1.29 is 4.74 Å². The maximum atomic E-state index is 6.08. The average Bonchev–Trinajstić information content (AvgIpc) is 2.82. The average molecular weight is 423 g/mol. The molecule has 0 heterocycles. The van der Waals surface area contributed by atoms with E-state index in [1.807, 2.05) is 0 Å². The largest absolute Gasteiger partial charge is 0.374 e. The fraction of sp³-hybridized carbons (Fsp3) is 0.600. The second-order valence-electron chi connectivity index (χ2n) is 9.10. The number of hydrogen-bond acceptors (Lipinski definition) is 1. The fourth-order valence-corrected chi connectivity index (χ4v) is 4.23. The molecule has 0 aliphatic carbocycles. The van der Waals surface area contributed by atoms with E-state index in [-0.39, 0.29) is 6.10 Å². The van der Waals surface area contributed by atoms with Crippen LogP contribution in [-0.2, 0) is 4.74 Å². The molecule has 0 saturated heterocycles. The van der Waals surface area contributed by atoms with Crippen molar-refractivity contribution in [3.63, 3.8) is 0 Å². The Morgan fingerprint density at radius 2 is 1.00 bits per heavy atom. The first-order chi connectivity index (χ1) is 15.3. The minimum Gasteiger partial charge on any atom is -0.374 e. The number of ether oxygens (including phenoxy) is 1. The Labute approximate surface area is 192 Å². The van der Waals surface area contributed by atoms with Crippen molar-refractivity contribution in [2.45, 2.75) is 110 Å². The Kier molecular flexibility index (Phi) is 14.1. The van der Waals surface area contributed by atoms with Gasteiger partial charge in [-0.25, -0.2) is 0 Å². The SMILES string of the molecule is CCCCCCCCCCCCCCCCOC(C)c1ccc(-c2ccccc2)cc1. The van der Waals surface area contributed by atoms with E-state index in [4.69, 9.17) is 4.74 Å². The second-order valence-corrected chi connectivity index (χ2v) is 9.10. The van der Waals surface area contributed by atoms with E-state index < -0.39 is 0 Å². The molecule has 0 N–H and O–H groups in total. The van der Waals surface area contributed by atoms with Crippen LogP contribution in [0.5, 0.6) is 0 Å². The summed E-state index contributed by atoms with van der Waals surface area (Å²) in [7, 11) is 0.